The molecule has 3 N–H and O–H groups in total. The van der Waals surface area contributed by atoms with Gasteiger partial charge in [-0.3, -0.25) is 4.79 Å². The van der Waals surface area contributed by atoms with E-state index in [-0.39, 0.29) is 5.91 Å². The third-order valence-electron chi connectivity index (χ3n) is 3.13. The molecule has 0 radical (unpaired) electrons. The van der Waals surface area contributed by atoms with Gasteiger partial charge < -0.3 is 20.7 Å². The van der Waals surface area contributed by atoms with Gasteiger partial charge in [0.25, 0.3) is 0 Å². The van der Waals surface area contributed by atoms with Crippen LogP contribution >= 0.6 is 0 Å². The lowest BCUT2D eigenvalue weighted by Crippen LogP contribution is -2.37. The van der Waals surface area contributed by atoms with Crippen LogP contribution in [0, 0.1) is 0 Å². The van der Waals surface area contributed by atoms with Crippen molar-refractivity contribution in [3.63, 3.8) is 0 Å². The fourth-order valence-electron chi connectivity index (χ4n) is 1.86. The number of nitrogens with zero attached hydrogens (tertiary/aromatic N) is 2. The minimum atomic E-state index is -0.473. The van der Waals surface area contributed by atoms with Crippen LogP contribution in [-0.2, 0) is 9.53 Å². The molecule has 1 aromatic heterocycles. The Bertz CT molecular complexity index is 415. The highest BCUT2D eigenvalue weighted by Gasteiger charge is 2.13. The number of nitrogens with two attached hydrogens (primary N) is 1. The van der Waals surface area contributed by atoms with Crippen LogP contribution in [0.15, 0.2) is 18.3 Å². The van der Waals surface area contributed by atoms with Gasteiger partial charge in [0.1, 0.15) is 5.82 Å². The maximum absolute atomic E-state index is 11.6. The third-order valence-corrected chi connectivity index (χ3v) is 3.13. The van der Waals surface area contributed by atoms with Gasteiger partial charge in [0.05, 0.1) is 31.1 Å². The first kappa shape index (κ1) is 13.8. The molecule has 0 bridgehead atoms. The van der Waals surface area contributed by atoms with Gasteiger partial charge in [-0.1, -0.05) is 6.92 Å². The molecule has 6 heteroatoms. The van der Waals surface area contributed by atoms with E-state index in [9.17, 15) is 4.79 Å². The second-order valence-electron chi connectivity index (χ2n) is 4.51. The second-order valence-corrected chi connectivity index (χ2v) is 4.51. The second kappa shape index (κ2) is 6.49. The highest BCUT2D eigenvalue weighted by atomic mass is 16.5. The summed E-state index contributed by atoms with van der Waals surface area (Å²) in [5.74, 6) is 0.726. The first-order valence-corrected chi connectivity index (χ1v) is 6.56. The number of amides is 1. The van der Waals surface area contributed by atoms with E-state index in [1.807, 2.05) is 19.1 Å². The molecule has 0 aliphatic carbocycles. The first-order valence-electron chi connectivity index (χ1n) is 6.56. The molecule has 1 aromatic rings. The van der Waals surface area contributed by atoms with Crippen LogP contribution in [0.25, 0.3) is 0 Å². The van der Waals surface area contributed by atoms with Crippen molar-refractivity contribution in [2.45, 2.75) is 19.4 Å². The van der Waals surface area contributed by atoms with E-state index in [1.165, 1.54) is 0 Å². The number of aromatic nitrogens is 1. The summed E-state index contributed by atoms with van der Waals surface area (Å²) in [6.07, 6.45) is 2.27. The predicted molar refractivity (Wildman–Crippen MR) is 74.2 cm³/mol. The molecule has 0 saturated carbocycles. The van der Waals surface area contributed by atoms with E-state index >= 15 is 0 Å². The van der Waals surface area contributed by atoms with Crippen molar-refractivity contribution in [3.05, 3.63) is 18.3 Å². The Morgan fingerprint density at radius 2 is 2.26 bits per heavy atom. The van der Waals surface area contributed by atoms with Gasteiger partial charge in [0.15, 0.2) is 0 Å². The van der Waals surface area contributed by atoms with Crippen molar-refractivity contribution in [2.24, 2.45) is 5.73 Å². The number of rotatable bonds is 4. The molecule has 1 amide bonds. The average Bonchev–Trinajstić information content (AvgIpc) is 2.48. The smallest absolute Gasteiger partial charge is 0.241 e. The lowest BCUT2D eigenvalue weighted by Gasteiger charge is -2.27. The fraction of sp³-hybridized carbons (Fsp3) is 0.538. The number of hydrogen-bond acceptors (Lipinski definition) is 5. The summed E-state index contributed by atoms with van der Waals surface area (Å²) >= 11 is 0. The highest BCUT2D eigenvalue weighted by molar-refractivity contribution is 5.94. The molecule has 1 fully saturated rings. The standard InChI is InChI=1S/C13H20N4O2/c1-2-11(14)13(18)16-10-3-4-12(15-9-10)17-5-7-19-8-6-17/h3-4,9,11H,2,5-8,14H2,1H3,(H,16,18)/t11-/m1/s1. The number of nitrogens with one attached hydrogen (secondary N) is 1. The Balaban J connectivity index is 1.96. The van der Waals surface area contributed by atoms with Crippen LogP contribution in [0.2, 0.25) is 0 Å². The number of ether oxygens (including phenoxy) is 1. The quantitative estimate of drug-likeness (QED) is 0.832. The van der Waals surface area contributed by atoms with Gasteiger partial charge in [0, 0.05) is 13.1 Å². The molecule has 2 rings (SSSR count). The number of carbonyl (C=O) groups excluding carboxylic acids is 1. The van der Waals surface area contributed by atoms with E-state index in [1.54, 1.807) is 6.20 Å². The minimum absolute atomic E-state index is 0.177. The van der Waals surface area contributed by atoms with Crippen LogP contribution in [0.1, 0.15) is 13.3 Å². The summed E-state index contributed by atoms with van der Waals surface area (Å²) in [6, 6.07) is 3.27. The summed E-state index contributed by atoms with van der Waals surface area (Å²) in [7, 11) is 0. The lowest BCUT2D eigenvalue weighted by molar-refractivity contribution is -0.117. The molecule has 1 atom stereocenters. The Hall–Kier alpha value is -1.66. The molecule has 1 aliphatic rings. The van der Waals surface area contributed by atoms with Gasteiger partial charge in [-0.15, -0.1) is 0 Å². The molecular weight excluding hydrogens is 244 g/mol. The number of carbonyl (C=O) groups is 1. The normalized spacial score (nSPS) is 17.1. The predicted octanol–water partition coefficient (Wildman–Crippen LogP) is 0.594. The summed E-state index contributed by atoms with van der Waals surface area (Å²) in [4.78, 5) is 18.2. The van der Waals surface area contributed by atoms with Gasteiger partial charge >= 0.3 is 0 Å². The minimum Gasteiger partial charge on any atom is -0.378 e. The Kier molecular flexibility index (Phi) is 4.70. The number of hydrogen-bond donors (Lipinski definition) is 2. The van der Waals surface area contributed by atoms with E-state index in [0.717, 1.165) is 32.1 Å². The van der Waals surface area contributed by atoms with Crippen molar-refractivity contribution in [3.8, 4) is 0 Å². The molecule has 0 aromatic carbocycles. The fourth-order valence-corrected chi connectivity index (χ4v) is 1.86. The molecule has 19 heavy (non-hydrogen) atoms. The molecule has 1 saturated heterocycles. The monoisotopic (exact) mass is 264 g/mol. The number of morpholine rings is 1. The van der Waals surface area contributed by atoms with Crippen LogP contribution in [0.5, 0.6) is 0 Å². The van der Waals surface area contributed by atoms with Crippen molar-refractivity contribution in [1.29, 1.82) is 0 Å². The zero-order chi connectivity index (χ0) is 13.7. The van der Waals surface area contributed by atoms with Crippen LogP contribution in [0.3, 0.4) is 0 Å². The molecular formula is C13H20N4O2. The number of pyridine rings is 1. The summed E-state index contributed by atoms with van der Waals surface area (Å²) in [6.45, 7) is 5.03. The molecule has 6 nitrogen and oxygen atoms in total. The van der Waals surface area contributed by atoms with Crippen molar-refractivity contribution in [2.75, 3.05) is 36.5 Å². The summed E-state index contributed by atoms with van der Waals surface area (Å²) in [5.41, 5.74) is 6.33. The molecule has 0 spiro atoms. The highest BCUT2D eigenvalue weighted by Crippen LogP contribution is 2.15. The Labute approximate surface area is 112 Å². The maximum Gasteiger partial charge on any atom is 0.241 e. The zero-order valence-corrected chi connectivity index (χ0v) is 11.1. The molecule has 104 valence electrons. The SMILES string of the molecule is CC[C@@H](N)C(=O)Nc1ccc(N2CCOCC2)nc1. The molecule has 1 aliphatic heterocycles. The Morgan fingerprint density at radius 1 is 1.53 bits per heavy atom. The van der Waals surface area contributed by atoms with Crippen LogP contribution < -0.4 is 16.0 Å². The Morgan fingerprint density at radius 3 is 2.84 bits per heavy atom. The third kappa shape index (κ3) is 3.65. The zero-order valence-electron chi connectivity index (χ0n) is 11.1. The van der Waals surface area contributed by atoms with Gasteiger partial charge in [-0.25, -0.2) is 4.98 Å². The van der Waals surface area contributed by atoms with Crippen LogP contribution in [-0.4, -0.2) is 43.2 Å². The average molecular weight is 264 g/mol. The van der Waals surface area contributed by atoms with Crippen molar-refractivity contribution >= 4 is 17.4 Å². The molecule has 0 unspecified atom stereocenters. The molecule has 2 heterocycles. The van der Waals surface area contributed by atoms with E-state index in [2.05, 4.69) is 15.2 Å². The van der Waals surface area contributed by atoms with Gasteiger partial charge in [-0.2, -0.15) is 0 Å². The van der Waals surface area contributed by atoms with Crippen molar-refractivity contribution < 1.29 is 9.53 Å². The van der Waals surface area contributed by atoms with Crippen LogP contribution in [0.4, 0.5) is 11.5 Å². The van der Waals surface area contributed by atoms with E-state index in [4.69, 9.17) is 10.5 Å². The summed E-state index contributed by atoms with van der Waals surface area (Å²) < 4.78 is 5.30. The van der Waals surface area contributed by atoms with Gasteiger partial charge in [-0.05, 0) is 18.6 Å². The van der Waals surface area contributed by atoms with Gasteiger partial charge in [0.2, 0.25) is 5.91 Å². The van der Waals surface area contributed by atoms with Crippen molar-refractivity contribution in [1.82, 2.24) is 4.98 Å². The lowest BCUT2D eigenvalue weighted by atomic mass is 10.2. The first-order chi connectivity index (χ1) is 9.20. The van der Waals surface area contributed by atoms with E-state index < -0.39 is 6.04 Å². The summed E-state index contributed by atoms with van der Waals surface area (Å²) in [5, 5.41) is 2.75. The van der Waals surface area contributed by atoms with E-state index in [0.29, 0.717) is 12.1 Å². The maximum atomic E-state index is 11.6. The topological polar surface area (TPSA) is 80.5 Å². The largest absolute Gasteiger partial charge is 0.378 e. The number of anilines is 2.